The molecule has 0 bridgehead atoms. The van der Waals surface area contributed by atoms with E-state index in [9.17, 15) is 0 Å². The van der Waals surface area contributed by atoms with E-state index in [1.807, 2.05) is 11.9 Å². The highest BCUT2D eigenvalue weighted by atomic mass is 15.3. The molecule has 0 aliphatic rings. The smallest absolute Gasteiger partial charge is 0.169 e. The van der Waals surface area contributed by atoms with Crippen molar-refractivity contribution in [2.24, 2.45) is 5.92 Å². The van der Waals surface area contributed by atoms with Gasteiger partial charge in [-0.05, 0) is 25.3 Å². The molecular formula is C12H18N4. The van der Waals surface area contributed by atoms with Crippen molar-refractivity contribution in [2.45, 2.75) is 33.2 Å². The average molecular weight is 218 g/mol. The summed E-state index contributed by atoms with van der Waals surface area (Å²) >= 11 is 0. The molecule has 1 unspecified atom stereocenters. The third-order valence-electron chi connectivity index (χ3n) is 2.63. The molecule has 1 aromatic heterocycles. The van der Waals surface area contributed by atoms with Crippen molar-refractivity contribution in [3.8, 4) is 6.07 Å². The van der Waals surface area contributed by atoms with Gasteiger partial charge >= 0.3 is 0 Å². The number of hydrogen-bond donors (Lipinski definition) is 0. The van der Waals surface area contributed by atoms with Crippen LogP contribution in [0.4, 0.5) is 5.82 Å². The van der Waals surface area contributed by atoms with Gasteiger partial charge < -0.3 is 4.90 Å². The maximum Gasteiger partial charge on any atom is 0.169 e. The predicted molar refractivity (Wildman–Crippen MR) is 64.1 cm³/mol. The molecule has 0 amide bonds. The molecule has 0 saturated heterocycles. The molecule has 0 fully saturated rings. The van der Waals surface area contributed by atoms with E-state index in [2.05, 4.69) is 37.0 Å². The molecular weight excluding hydrogens is 200 g/mol. The fraction of sp³-hybridized carbons (Fsp3) is 0.583. The monoisotopic (exact) mass is 218 g/mol. The normalized spacial score (nSPS) is 12.2. The van der Waals surface area contributed by atoms with Gasteiger partial charge in [-0.15, -0.1) is 5.10 Å². The zero-order chi connectivity index (χ0) is 12.1. The van der Waals surface area contributed by atoms with Crippen molar-refractivity contribution in [1.82, 2.24) is 10.2 Å². The minimum Gasteiger partial charge on any atom is -0.354 e. The van der Waals surface area contributed by atoms with Gasteiger partial charge in [-0.2, -0.15) is 10.4 Å². The van der Waals surface area contributed by atoms with Crippen molar-refractivity contribution in [2.75, 3.05) is 11.9 Å². The highest BCUT2D eigenvalue weighted by Crippen LogP contribution is 2.19. The van der Waals surface area contributed by atoms with Crippen LogP contribution in [-0.2, 0) is 0 Å². The number of nitriles is 1. The van der Waals surface area contributed by atoms with Gasteiger partial charge in [-0.25, -0.2) is 0 Å². The number of anilines is 1. The molecule has 4 heteroatoms. The van der Waals surface area contributed by atoms with E-state index in [1.165, 1.54) is 0 Å². The number of nitrogens with zero attached hydrogens (tertiary/aromatic N) is 4. The first kappa shape index (κ1) is 12.4. The standard InChI is InChI=1S/C12H18N4/c1-9(2)7-10(3)16(4)12-11(8-13)5-6-14-15-12/h5-6,9-10H,7H2,1-4H3. The summed E-state index contributed by atoms with van der Waals surface area (Å²) in [6.45, 7) is 6.51. The van der Waals surface area contributed by atoms with Crippen LogP contribution in [0, 0.1) is 17.2 Å². The van der Waals surface area contributed by atoms with E-state index in [0.717, 1.165) is 6.42 Å². The van der Waals surface area contributed by atoms with Crippen LogP contribution in [0.3, 0.4) is 0 Å². The molecule has 0 N–H and O–H groups in total. The van der Waals surface area contributed by atoms with Crippen molar-refractivity contribution in [3.63, 3.8) is 0 Å². The van der Waals surface area contributed by atoms with Crippen molar-refractivity contribution < 1.29 is 0 Å². The Balaban J connectivity index is 2.88. The quantitative estimate of drug-likeness (QED) is 0.777. The van der Waals surface area contributed by atoms with Crippen LogP contribution in [-0.4, -0.2) is 23.3 Å². The summed E-state index contributed by atoms with van der Waals surface area (Å²) < 4.78 is 0. The van der Waals surface area contributed by atoms with Crippen LogP contribution >= 0.6 is 0 Å². The Labute approximate surface area is 96.9 Å². The summed E-state index contributed by atoms with van der Waals surface area (Å²) in [6.07, 6.45) is 2.61. The molecule has 0 spiro atoms. The average Bonchev–Trinajstić information content (AvgIpc) is 2.27. The Bertz CT molecular complexity index is 381. The van der Waals surface area contributed by atoms with E-state index >= 15 is 0 Å². The first-order valence-corrected chi connectivity index (χ1v) is 5.50. The van der Waals surface area contributed by atoms with Crippen LogP contribution in [0.5, 0.6) is 0 Å². The van der Waals surface area contributed by atoms with Crippen LogP contribution in [0.2, 0.25) is 0 Å². The second kappa shape index (κ2) is 5.45. The van der Waals surface area contributed by atoms with E-state index in [1.54, 1.807) is 12.3 Å². The lowest BCUT2D eigenvalue weighted by atomic mass is 10.0. The van der Waals surface area contributed by atoms with Crippen molar-refractivity contribution in [1.29, 1.82) is 5.26 Å². The summed E-state index contributed by atoms with van der Waals surface area (Å²) in [7, 11) is 1.96. The van der Waals surface area contributed by atoms with Gasteiger partial charge in [0, 0.05) is 13.1 Å². The third-order valence-corrected chi connectivity index (χ3v) is 2.63. The Kier molecular flexibility index (Phi) is 4.24. The first-order chi connectivity index (χ1) is 7.56. The molecule has 16 heavy (non-hydrogen) atoms. The lowest BCUT2D eigenvalue weighted by molar-refractivity contribution is 0.501. The molecule has 0 aromatic carbocycles. The lowest BCUT2D eigenvalue weighted by Gasteiger charge is -2.27. The van der Waals surface area contributed by atoms with E-state index in [4.69, 9.17) is 5.26 Å². The Morgan fingerprint density at radius 3 is 2.69 bits per heavy atom. The fourth-order valence-electron chi connectivity index (χ4n) is 1.72. The minimum absolute atomic E-state index is 0.351. The molecule has 4 nitrogen and oxygen atoms in total. The summed E-state index contributed by atoms with van der Waals surface area (Å²) in [5, 5.41) is 16.9. The molecule has 1 aromatic rings. The van der Waals surface area contributed by atoms with E-state index < -0.39 is 0 Å². The Morgan fingerprint density at radius 2 is 2.12 bits per heavy atom. The van der Waals surface area contributed by atoms with Gasteiger partial charge in [-0.3, -0.25) is 0 Å². The molecule has 1 rings (SSSR count). The summed E-state index contributed by atoms with van der Waals surface area (Å²) in [5.74, 6) is 1.29. The predicted octanol–water partition coefficient (Wildman–Crippen LogP) is 2.22. The number of hydrogen-bond acceptors (Lipinski definition) is 4. The van der Waals surface area contributed by atoms with Crippen LogP contribution in [0.25, 0.3) is 0 Å². The third kappa shape index (κ3) is 2.93. The second-order valence-corrected chi connectivity index (χ2v) is 4.47. The molecule has 1 atom stereocenters. The van der Waals surface area contributed by atoms with Gasteiger partial charge in [-0.1, -0.05) is 13.8 Å². The Hall–Kier alpha value is -1.63. The summed E-state index contributed by atoms with van der Waals surface area (Å²) in [5.41, 5.74) is 0.577. The molecule has 0 aliphatic carbocycles. The summed E-state index contributed by atoms with van der Waals surface area (Å²) in [6, 6.07) is 4.19. The number of aromatic nitrogens is 2. The molecule has 0 aliphatic heterocycles. The van der Waals surface area contributed by atoms with Gasteiger partial charge in [0.1, 0.15) is 6.07 Å². The Morgan fingerprint density at radius 1 is 1.44 bits per heavy atom. The minimum atomic E-state index is 0.351. The lowest BCUT2D eigenvalue weighted by Crippen LogP contribution is -2.31. The molecule has 86 valence electrons. The molecule has 0 saturated carbocycles. The van der Waals surface area contributed by atoms with Gasteiger partial charge in [0.05, 0.1) is 11.8 Å². The molecule has 1 heterocycles. The molecule has 0 radical (unpaired) electrons. The van der Waals surface area contributed by atoms with Crippen molar-refractivity contribution in [3.05, 3.63) is 17.8 Å². The van der Waals surface area contributed by atoms with Gasteiger partial charge in [0.2, 0.25) is 0 Å². The maximum absolute atomic E-state index is 8.99. The SMILES string of the molecule is CC(C)CC(C)N(C)c1nnccc1C#N. The van der Waals surface area contributed by atoms with E-state index in [0.29, 0.717) is 23.3 Å². The van der Waals surface area contributed by atoms with Gasteiger partial charge in [0.25, 0.3) is 0 Å². The van der Waals surface area contributed by atoms with Crippen molar-refractivity contribution >= 4 is 5.82 Å². The van der Waals surface area contributed by atoms with Crippen LogP contribution < -0.4 is 4.90 Å². The van der Waals surface area contributed by atoms with Crippen LogP contribution in [0.15, 0.2) is 12.3 Å². The zero-order valence-corrected chi connectivity index (χ0v) is 10.3. The van der Waals surface area contributed by atoms with Gasteiger partial charge in [0.15, 0.2) is 5.82 Å². The second-order valence-electron chi connectivity index (χ2n) is 4.47. The highest BCUT2D eigenvalue weighted by molar-refractivity contribution is 5.52. The van der Waals surface area contributed by atoms with Crippen LogP contribution in [0.1, 0.15) is 32.8 Å². The fourth-order valence-corrected chi connectivity index (χ4v) is 1.72. The zero-order valence-electron chi connectivity index (χ0n) is 10.3. The topological polar surface area (TPSA) is 52.8 Å². The van der Waals surface area contributed by atoms with E-state index in [-0.39, 0.29) is 0 Å². The highest BCUT2D eigenvalue weighted by Gasteiger charge is 2.16. The summed E-state index contributed by atoms with van der Waals surface area (Å²) in [4.78, 5) is 2.02. The first-order valence-electron chi connectivity index (χ1n) is 5.50. The maximum atomic E-state index is 8.99. The number of rotatable bonds is 4. The largest absolute Gasteiger partial charge is 0.354 e.